The molecule has 5 nitrogen and oxygen atoms in total. The van der Waals surface area contributed by atoms with E-state index in [2.05, 4.69) is 0 Å². The third-order valence-corrected chi connectivity index (χ3v) is 3.60. The predicted molar refractivity (Wildman–Crippen MR) is 94.5 cm³/mol. The van der Waals surface area contributed by atoms with Crippen LogP contribution in [0.2, 0.25) is 0 Å². The number of nitrogens with zero attached hydrogens (tertiary/aromatic N) is 1. The number of benzene rings is 2. The lowest BCUT2D eigenvalue weighted by molar-refractivity contribution is -0.136. The molecule has 0 amide bonds. The van der Waals surface area contributed by atoms with Crippen LogP contribution in [0.3, 0.4) is 0 Å². The summed E-state index contributed by atoms with van der Waals surface area (Å²) in [5, 5.41) is 18.6. The average molecular weight is 337 g/mol. The normalized spacial score (nSPS) is 11.2. The Kier molecular flexibility index (Phi) is 6.19. The molecule has 0 bridgehead atoms. The molecule has 2 aromatic rings. The van der Waals surface area contributed by atoms with Gasteiger partial charge in [-0.25, -0.2) is 0 Å². The van der Waals surface area contributed by atoms with Gasteiger partial charge in [0.1, 0.15) is 11.5 Å². The third-order valence-electron chi connectivity index (χ3n) is 3.60. The number of aliphatic carboxylic acids is 1. The first kappa shape index (κ1) is 18.1. The highest BCUT2D eigenvalue weighted by atomic mass is 16.5. The summed E-state index contributed by atoms with van der Waals surface area (Å²) >= 11 is 0. The van der Waals surface area contributed by atoms with Crippen LogP contribution in [0.25, 0.3) is 5.57 Å². The molecule has 1 N–H and O–H groups in total. The fourth-order valence-electron chi connectivity index (χ4n) is 2.49. The molecule has 0 aromatic heterocycles. The van der Waals surface area contributed by atoms with Crippen molar-refractivity contribution in [1.82, 2.24) is 0 Å². The second-order valence-corrected chi connectivity index (χ2v) is 5.22. The molecule has 0 atom stereocenters. The van der Waals surface area contributed by atoms with Gasteiger partial charge < -0.3 is 14.6 Å². The van der Waals surface area contributed by atoms with Crippen LogP contribution < -0.4 is 9.47 Å². The molecule has 0 aliphatic rings. The number of rotatable bonds is 7. The van der Waals surface area contributed by atoms with Gasteiger partial charge in [-0.2, -0.15) is 5.26 Å². The number of nitriles is 1. The molecule has 2 aromatic carbocycles. The highest BCUT2D eigenvalue weighted by Gasteiger charge is 2.15. The summed E-state index contributed by atoms with van der Waals surface area (Å²) < 4.78 is 10.6. The van der Waals surface area contributed by atoms with Crippen molar-refractivity contribution in [2.75, 3.05) is 13.7 Å². The molecular weight excluding hydrogens is 318 g/mol. The molecule has 5 heteroatoms. The van der Waals surface area contributed by atoms with Crippen LogP contribution in [-0.2, 0) is 4.79 Å². The smallest absolute Gasteiger partial charge is 0.308 e. The second-order valence-electron chi connectivity index (χ2n) is 5.22. The molecule has 128 valence electrons. The standard InChI is InChI=1S/C20H19NO4/c1-3-25-18-10-6-15(7-11-18)20(16(13-21)12-19(22)23)14-4-8-17(24-2)9-5-14/h4-11H,3,12H2,1-2H3,(H,22,23)/b20-16-. The first-order chi connectivity index (χ1) is 12.1. The Morgan fingerprint density at radius 3 is 1.96 bits per heavy atom. The number of hydrogen-bond acceptors (Lipinski definition) is 4. The summed E-state index contributed by atoms with van der Waals surface area (Å²) in [5.74, 6) is 0.358. The highest BCUT2D eigenvalue weighted by molar-refractivity contribution is 5.88. The molecule has 0 spiro atoms. The Hall–Kier alpha value is -3.26. The van der Waals surface area contributed by atoms with Crippen molar-refractivity contribution in [1.29, 1.82) is 5.26 Å². The van der Waals surface area contributed by atoms with Crippen LogP contribution in [0.15, 0.2) is 54.1 Å². The van der Waals surface area contributed by atoms with Crippen LogP contribution in [0, 0.1) is 11.3 Å². The van der Waals surface area contributed by atoms with Gasteiger partial charge in [-0.15, -0.1) is 0 Å². The van der Waals surface area contributed by atoms with Crippen LogP contribution in [0.4, 0.5) is 0 Å². The molecule has 0 radical (unpaired) electrons. The van der Waals surface area contributed by atoms with E-state index < -0.39 is 5.97 Å². The number of ether oxygens (including phenoxy) is 2. The van der Waals surface area contributed by atoms with Gasteiger partial charge in [0.15, 0.2) is 0 Å². The zero-order valence-electron chi connectivity index (χ0n) is 14.2. The summed E-state index contributed by atoms with van der Waals surface area (Å²) in [5.41, 5.74) is 2.30. The third kappa shape index (κ3) is 4.61. The zero-order valence-corrected chi connectivity index (χ0v) is 14.2. The van der Waals surface area contributed by atoms with Crippen molar-refractivity contribution < 1.29 is 19.4 Å². The molecule has 0 saturated heterocycles. The first-order valence-corrected chi connectivity index (χ1v) is 7.81. The summed E-state index contributed by atoms with van der Waals surface area (Å²) in [6.07, 6.45) is -0.342. The molecular formula is C20H19NO4. The fraction of sp³-hybridized carbons (Fsp3) is 0.200. The van der Waals surface area contributed by atoms with Gasteiger partial charge in [-0.1, -0.05) is 24.3 Å². The minimum absolute atomic E-state index is 0.196. The van der Waals surface area contributed by atoms with Gasteiger partial charge in [0, 0.05) is 11.1 Å². The molecule has 25 heavy (non-hydrogen) atoms. The van der Waals surface area contributed by atoms with E-state index >= 15 is 0 Å². The van der Waals surface area contributed by atoms with E-state index in [4.69, 9.17) is 14.6 Å². The lowest BCUT2D eigenvalue weighted by atomic mass is 9.92. The van der Waals surface area contributed by atoms with Crippen molar-refractivity contribution in [3.05, 3.63) is 65.2 Å². The van der Waals surface area contributed by atoms with E-state index in [1.54, 1.807) is 31.4 Å². The molecule has 0 aliphatic heterocycles. The fourth-order valence-corrected chi connectivity index (χ4v) is 2.49. The van der Waals surface area contributed by atoms with E-state index in [1.807, 2.05) is 37.3 Å². The summed E-state index contributed by atoms with van der Waals surface area (Å²) in [6, 6.07) is 16.5. The topological polar surface area (TPSA) is 79.5 Å². The number of carbonyl (C=O) groups is 1. The Morgan fingerprint density at radius 1 is 1.04 bits per heavy atom. The van der Waals surface area contributed by atoms with Gasteiger partial charge >= 0.3 is 5.97 Å². The number of hydrogen-bond donors (Lipinski definition) is 1. The van der Waals surface area contributed by atoms with Gasteiger partial charge in [0.2, 0.25) is 0 Å². The quantitative estimate of drug-likeness (QED) is 0.775. The first-order valence-electron chi connectivity index (χ1n) is 7.81. The highest BCUT2D eigenvalue weighted by Crippen LogP contribution is 2.30. The predicted octanol–water partition coefficient (Wildman–Crippen LogP) is 3.89. The zero-order chi connectivity index (χ0) is 18.2. The minimum Gasteiger partial charge on any atom is -0.497 e. The van der Waals surface area contributed by atoms with Gasteiger partial charge in [-0.3, -0.25) is 4.79 Å². The number of methoxy groups -OCH3 is 1. The Labute approximate surface area is 146 Å². The molecule has 0 aliphatic carbocycles. The van der Waals surface area contributed by atoms with E-state index in [1.165, 1.54) is 0 Å². The van der Waals surface area contributed by atoms with E-state index in [-0.39, 0.29) is 12.0 Å². The van der Waals surface area contributed by atoms with E-state index in [0.29, 0.717) is 17.9 Å². The van der Waals surface area contributed by atoms with Crippen molar-refractivity contribution in [3.8, 4) is 17.6 Å². The van der Waals surface area contributed by atoms with E-state index in [0.717, 1.165) is 16.9 Å². The minimum atomic E-state index is -1.05. The van der Waals surface area contributed by atoms with Crippen LogP contribution >= 0.6 is 0 Å². The lowest BCUT2D eigenvalue weighted by Gasteiger charge is -2.13. The van der Waals surface area contributed by atoms with Crippen molar-refractivity contribution in [2.24, 2.45) is 0 Å². The Balaban J connectivity index is 2.56. The Morgan fingerprint density at radius 2 is 1.56 bits per heavy atom. The maximum absolute atomic E-state index is 11.2. The SMILES string of the molecule is CCOc1ccc(/C(=C(\C#N)CC(=O)O)c2ccc(OC)cc2)cc1. The summed E-state index contributed by atoms with van der Waals surface area (Å²) in [7, 11) is 1.57. The number of carboxylic acid groups (broad SMARTS) is 1. The van der Waals surface area contributed by atoms with Gasteiger partial charge in [0.25, 0.3) is 0 Å². The maximum atomic E-state index is 11.2. The van der Waals surface area contributed by atoms with Gasteiger partial charge in [-0.05, 0) is 42.3 Å². The van der Waals surface area contributed by atoms with Crippen LogP contribution in [0.1, 0.15) is 24.5 Å². The van der Waals surface area contributed by atoms with E-state index in [9.17, 15) is 10.1 Å². The van der Waals surface area contributed by atoms with Crippen LogP contribution in [-0.4, -0.2) is 24.8 Å². The summed E-state index contributed by atoms with van der Waals surface area (Å²) in [4.78, 5) is 11.2. The summed E-state index contributed by atoms with van der Waals surface area (Å²) in [6.45, 7) is 2.46. The van der Waals surface area contributed by atoms with Gasteiger partial charge in [0.05, 0.1) is 26.2 Å². The van der Waals surface area contributed by atoms with Crippen molar-refractivity contribution >= 4 is 11.5 Å². The largest absolute Gasteiger partial charge is 0.497 e. The lowest BCUT2D eigenvalue weighted by Crippen LogP contribution is -2.01. The molecule has 0 unspecified atom stereocenters. The number of carboxylic acids is 1. The molecule has 0 heterocycles. The molecule has 2 rings (SSSR count). The maximum Gasteiger partial charge on any atom is 0.308 e. The average Bonchev–Trinajstić information content (AvgIpc) is 2.63. The van der Waals surface area contributed by atoms with Crippen molar-refractivity contribution in [2.45, 2.75) is 13.3 Å². The second kappa shape index (κ2) is 8.55. The Bertz CT molecular complexity index is 799. The van der Waals surface area contributed by atoms with Crippen LogP contribution in [0.5, 0.6) is 11.5 Å². The molecule has 0 fully saturated rings. The van der Waals surface area contributed by atoms with Crippen molar-refractivity contribution in [3.63, 3.8) is 0 Å². The molecule has 0 saturated carbocycles. The monoisotopic (exact) mass is 337 g/mol.